The lowest BCUT2D eigenvalue weighted by Gasteiger charge is -2.26. The van der Waals surface area contributed by atoms with Gasteiger partial charge in [0.2, 0.25) is 0 Å². The van der Waals surface area contributed by atoms with Crippen molar-refractivity contribution in [1.82, 2.24) is 9.97 Å². The van der Waals surface area contributed by atoms with E-state index in [9.17, 15) is 0 Å². The molecule has 0 saturated heterocycles. The molecular weight excluding hydrogens is 260 g/mol. The molecule has 1 aliphatic rings. The van der Waals surface area contributed by atoms with Crippen LogP contribution in [-0.2, 0) is 0 Å². The quantitative estimate of drug-likeness (QED) is 0.743. The van der Waals surface area contributed by atoms with E-state index in [1.165, 1.54) is 18.4 Å². The Morgan fingerprint density at radius 3 is 2.24 bits per heavy atom. The van der Waals surface area contributed by atoms with Crippen LogP contribution in [0.15, 0.2) is 0 Å². The molecule has 1 aromatic rings. The Morgan fingerprint density at radius 1 is 1.05 bits per heavy atom. The molecule has 1 saturated carbocycles. The predicted octanol–water partition coefficient (Wildman–Crippen LogP) is 4.11. The van der Waals surface area contributed by atoms with Gasteiger partial charge in [-0.3, -0.25) is 0 Å². The topological polar surface area (TPSA) is 41.1 Å². The van der Waals surface area contributed by atoms with Gasteiger partial charge in [0.15, 0.2) is 0 Å². The van der Waals surface area contributed by atoms with Crippen LogP contribution in [0, 0.1) is 6.92 Å². The maximum Gasteiger partial charge on any atom is 0.137 e. The Morgan fingerprint density at radius 2 is 1.71 bits per heavy atom. The molecule has 4 heteroatoms. The minimum Gasteiger partial charge on any atom is -0.370 e. The molecule has 1 aromatic heterocycles. The van der Waals surface area contributed by atoms with Gasteiger partial charge in [0.1, 0.15) is 17.5 Å². The second-order valence-corrected chi connectivity index (χ2v) is 6.07. The highest BCUT2D eigenvalue weighted by Gasteiger charge is 2.29. The fraction of sp³-hybridized carbons (Fsp3) is 0.765. The smallest absolute Gasteiger partial charge is 0.137 e. The molecule has 21 heavy (non-hydrogen) atoms. The number of hydrogen-bond acceptors (Lipinski definition) is 4. The van der Waals surface area contributed by atoms with Crippen molar-refractivity contribution < 1.29 is 0 Å². The third-order valence-electron chi connectivity index (χ3n) is 3.91. The largest absolute Gasteiger partial charge is 0.370 e. The first-order chi connectivity index (χ1) is 10.2. The van der Waals surface area contributed by atoms with E-state index in [4.69, 9.17) is 9.97 Å². The zero-order chi connectivity index (χ0) is 15.2. The molecule has 1 heterocycles. The Labute approximate surface area is 129 Å². The lowest BCUT2D eigenvalue weighted by atomic mass is 10.2. The maximum absolute atomic E-state index is 4.92. The van der Waals surface area contributed by atoms with Crippen LogP contribution in [-0.4, -0.2) is 29.6 Å². The van der Waals surface area contributed by atoms with Crippen molar-refractivity contribution >= 4 is 11.6 Å². The van der Waals surface area contributed by atoms with E-state index in [0.717, 1.165) is 56.4 Å². The Bertz CT molecular complexity index is 448. The van der Waals surface area contributed by atoms with E-state index in [0.29, 0.717) is 5.92 Å². The summed E-state index contributed by atoms with van der Waals surface area (Å²) in [6, 6.07) is 0. The van der Waals surface area contributed by atoms with Gasteiger partial charge < -0.3 is 10.2 Å². The van der Waals surface area contributed by atoms with Crippen LogP contribution in [0.4, 0.5) is 11.6 Å². The molecule has 1 aliphatic carbocycles. The molecule has 118 valence electrons. The van der Waals surface area contributed by atoms with Crippen molar-refractivity contribution in [3.8, 4) is 0 Å². The number of nitrogens with one attached hydrogen (secondary N) is 1. The van der Waals surface area contributed by atoms with Gasteiger partial charge in [0.05, 0.1) is 0 Å². The Hall–Kier alpha value is -1.32. The molecule has 0 aromatic carbocycles. The molecule has 1 fully saturated rings. The summed E-state index contributed by atoms with van der Waals surface area (Å²) in [5, 5.41) is 3.49. The van der Waals surface area contributed by atoms with Crippen LogP contribution in [0.1, 0.15) is 70.2 Å². The molecule has 0 spiro atoms. The van der Waals surface area contributed by atoms with E-state index in [2.05, 4.69) is 37.9 Å². The molecule has 1 N–H and O–H groups in total. The fourth-order valence-electron chi connectivity index (χ4n) is 2.63. The van der Waals surface area contributed by atoms with Gasteiger partial charge in [-0.05, 0) is 39.0 Å². The summed E-state index contributed by atoms with van der Waals surface area (Å²) in [6.45, 7) is 11.9. The van der Waals surface area contributed by atoms with Gasteiger partial charge in [0, 0.05) is 31.1 Å². The van der Waals surface area contributed by atoms with Crippen LogP contribution >= 0.6 is 0 Å². The van der Waals surface area contributed by atoms with Crippen LogP contribution < -0.4 is 10.2 Å². The molecule has 4 nitrogen and oxygen atoms in total. The van der Waals surface area contributed by atoms with E-state index < -0.39 is 0 Å². The van der Waals surface area contributed by atoms with Gasteiger partial charge in [0.25, 0.3) is 0 Å². The van der Waals surface area contributed by atoms with Gasteiger partial charge >= 0.3 is 0 Å². The van der Waals surface area contributed by atoms with Crippen molar-refractivity contribution in [2.75, 3.05) is 29.9 Å². The molecule has 0 bridgehead atoms. The van der Waals surface area contributed by atoms with Crippen LogP contribution in [0.25, 0.3) is 0 Å². The third kappa shape index (κ3) is 4.08. The van der Waals surface area contributed by atoms with Crippen LogP contribution in [0.2, 0.25) is 0 Å². The normalized spacial score (nSPS) is 14.3. The zero-order valence-electron chi connectivity index (χ0n) is 14.1. The van der Waals surface area contributed by atoms with E-state index in [-0.39, 0.29) is 0 Å². The van der Waals surface area contributed by atoms with Gasteiger partial charge in [-0.1, -0.05) is 20.8 Å². The molecular formula is C17H30N4. The summed E-state index contributed by atoms with van der Waals surface area (Å²) in [4.78, 5) is 12.1. The Balaban J connectivity index is 2.33. The third-order valence-corrected chi connectivity index (χ3v) is 3.91. The first-order valence-corrected chi connectivity index (χ1v) is 8.58. The molecule has 0 unspecified atom stereocenters. The number of anilines is 2. The highest BCUT2D eigenvalue weighted by molar-refractivity contribution is 5.59. The highest BCUT2D eigenvalue weighted by atomic mass is 15.2. The number of nitrogens with zero attached hydrogens (tertiary/aromatic N) is 3. The second-order valence-electron chi connectivity index (χ2n) is 6.07. The predicted molar refractivity (Wildman–Crippen MR) is 90.3 cm³/mol. The Kier molecular flexibility index (Phi) is 5.83. The number of rotatable bonds is 9. The molecule has 0 radical (unpaired) electrons. The first kappa shape index (κ1) is 16.1. The molecule has 0 atom stereocenters. The zero-order valence-corrected chi connectivity index (χ0v) is 14.1. The van der Waals surface area contributed by atoms with Crippen molar-refractivity contribution in [2.24, 2.45) is 0 Å². The average Bonchev–Trinajstić information content (AvgIpc) is 3.31. The van der Waals surface area contributed by atoms with Crippen LogP contribution in [0.3, 0.4) is 0 Å². The standard InChI is InChI=1S/C17H30N4/c1-5-10-18-15-13(4)17(21(11-6-2)12-7-3)20-16(19-15)14-8-9-14/h14H,5-12H2,1-4H3,(H,18,19,20). The van der Waals surface area contributed by atoms with E-state index >= 15 is 0 Å². The van der Waals surface area contributed by atoms with Gasteiger partial charge in [-0.25, -0.2) is 9.97 Å². The first-order valence-electron chi connectivity index (χ1n) is 8.58. The van der Waals surface area contributed by atoms with Crippen molar-refractivity contribution in [3.63, 3.8) is 0 Å². The lowest BCUT2D eigenvalue weighted by Crippen LogP contribution is -2.27. The molecule has 0 aliphatic heterocycles. The molecule has 2 rings (SSSR count). The van der Waals surface area contributed by atoms with Crippen molar-refractivity contribution in [3.05, 3.63) is 11.4 Å². The lowest BCUT2D eigenvalue weighted by molar-refractivity contribution is 0.723. The summed E-state index contributed by atoms with van der Waals surface area (Å²) >= 11 is 0. The summed E-state index contributed by atoms with van der Waals surface area (Å²) < 4.78 is 0. The van der Waals surface area contributed by atoms with Crippen molar-refractivity contribution in [1.29, 1.82) is 0 Å². The molecule has 0 amide bonds. The van der Waals surface area contributed by atoms with Crippen molar-refractivity contribution in [2.45, 2.75) is 65.7 Å². The monoisotopic (exact) mass is 290 g/mol. The highest BCUT2D eigenvalue weighted by Crippen LogP contribution is 2.40. The van der Waals surface area contributed by atoms with Crippen LogP contribution in [0.5, 0.6) is 0 Å². The second kappa shape index (κ2) is 7.62. The summed E-state index contributed by atoms with van der Waals surface area (Å²) in [7, 11) is 0. The fourth-order valence-corrected chi connectivity index (χ4v) is 2.63. The average molecular weight is 290 g/mol. The maximum atomic E-state index is 4.92. The number of hydrogen-bond donors (Lipinski definition) is 1. The van der Waals surface area contributed by atoms with Gasteiger partial charge in [-0.2, -0.15) is 0 Å². The summed E-state index contributed by atoms with van der Waals surface area (Å²) in [5.74, 6) is 3.83. The SMILES string of the molecule is CCCNc1nc(C2CC2)nc(N(CCC)CCC)c1C. The number of aromatic nitrogens is 2. The summed E-state index contributed by atoms with van der Waals surface area (Å²) in [6.07, 6.45) is 5.92. The van der Waals surface area contributed by atoms with E-state index in [1.807, 2.05) is 0 Å². The summed E-state index contributed by atoms with van der Waals surface area (Å²) in [5.41, 5.74) is 1.20. The van der Waals surface area contributed by atoms with Gasteiger partial charge in [-0.15, -0.1) is 0 Å². The minimum atomic E-state index is 0.594. The minimum absolute atomic E-state index is 0.594. The van der Waals surface area contributed by atoms with E-state index in [1.54, 1.807) is 0 Å².